The first-order valence-corrected chi connectivity index (χ1v) is 10.9. The Kier molecular flexibility index (Phi) is 6.28. The first-order valence-electron chi connectivity index (χ1n) is 8.61. The number of piperazine rings is 1. The lowest BCUT2D eigenvalue weighted by Gasteiger charge is -2.33. The number of amides is 1. The summed E-state index contributed by atoms with van der Waals surface area (Å²) < 4.78 is 31.6. The molecule has 28 heavy (non-hydrogen) atoms. The number of carbonyl (C=O) groups is 2. The Hall–Kier alpha value is -2.49. The summed E-state index contributed by atoms with van der Waals surface area (Å²) in [5.74, 6) is -0.719. The normalized spacial score (nSPS) is 15.7. The van der Waals surface area contributed by atoms with Crippen molar-refractivity contribution < 1.29 is 22.7 Å². The third-order valence-electron chi connectivity index (χ3n) is 4.36. The molecule has 0 atom stereocenters. The SMILES string of the molecule is COC(=O)c1csc(S(=O)(=O)N2CCN(C(=O)/C=C/c3ccccc3)CC2)c1. The highest BCUT2D eigenvalue weighted by atomic mass is 32.2. The van der Waals surface area contributed by atoms with E-state index in [1.807, 2.05) is 30.3 Å². The van der Waals surface area contributed by atoms with Gasteiger partial charge in [0.1, 0.15) is 4.21 Å². The smallest absolute Gasteiger partial charge is 0.338 e. The molecule has 9 heteroatoms. The second-order valence-corrected chi connectivity index (χ2v) is 9.20. The molecule has 1 aliphatic heterocycles. The van der Waals surface area contributed by atoms with Crippen molar-refractivity contribution in [3.05, 3.63) is 59.0 Å². The zero-order valence-electron chi connectivity index (χ0n) is 15.3. The first-order chi connectivity index (χ1) is 13.4. The summed E-state index contributed by atoms with van der Waals surface area (Å²) >= 11 is 0.985. The van der Waals surface area contributed by atoms with E-state index in [1.165, 1.54) is 28.9 Å². The molecule has 0 radical (unpaired) electrons. The molecule has 0 bridgehead atoms. The van der Waals surface area contributed by atoms with Gasteiger partial charge in [0.2, 0.25) is 5.91 Å². The fourth-order valence-electron chi connectivity index (χ4n) is 2.79. The zero-order chi connectivity index (χ0) is 20.1. The number of nitrogens with zero attached hydrogens (tertiary/aromatic N) is 2. The van der Waals surface area contributed by atoms with Gasteiger partial charge < -0.3 is 9.64 Å². The summed E-state index contributed by atoms with van der Waals surface area (Å²) in [5, 5.41) is 1.47. The monoisotopic (exact) mass is 420 g/mol. The van der Waals surface area contributed by atoms with Crippen LogP contribution in [-0.4, -0.2) is 62.8 Å². The van der Waals surface area contributed by atoms with E-state index in [4.69, 9.17) is 0 Å². The van der Waals surface area contributed by atoms with Gasteiger partial charge in [-0.1, -0.05) is 30.3 Å². The van der Waals surface area contributed by atoms with Crippen molar-refractivity contribution in [2.75, 3.05) is 33.3 Å². The Morgan fingerprint density at radius 2 is 1.79 bits per heavy atom. The molecule has 2 aromatic rings. The third kappa shape index (κ3) is 4.49. The van der Waals surface area contributed by atoms with Gasteiger partial charge in [0, 0.05) is 37.6 Å². The van der Waals surface area contributed by atoms with Crippen molar-refractivity contribution >= 4 is 39.3 Å². The van der Waals surface area contributed by atoms with Crippen LogP contribution >= 0.6 is 11.3 Å². The summed E-state index contributed by atoms with van der Waals surface area (Å²) in [5.41, 5.74) is 1.14. The van der Waals surface area contributed by atoms with Crippen LogP contribution in [0.15, 0.2) is 52.1 Å². The molecule has 1 fully saturated rings. The van der Waals surface area contributed by atoms with Crippen molar-refractivity contribution in [3.63, 3.8) is 0 Å². The van der Waals surface area contributed by atoms with Gasteiger partial charge in [-0.15, -0.1) is 11.3 Å². The number of hydrogen-bond acceptors (Lipinski definition) is 6. The van der Waals surface area contributed by atoms with Gasteiger partial charge >= 0.3 is 5.97 Å². The number of carbonyl (C=O) groups excluding carboxylic acids is 2. The lowest BCUT2D eigenvalue weighted by Crippen LogP contribution is -2.50. The van der Waals surface area contributed by atoms with Crippen LogP contribution in [0.5, 0.6) is 0 Å². The van der Waals surface area contributed by atoms with E-state index in [9.17, 15) is 18.0 Å². The molecule has 0 aliphatic carbocycles. The van der Waals surface area contributed by atoms with Gasteiger partial charge in [-0.25, -0.2) is 13.2 Å². The number of benzene rings is 1. The predicted molar refractivity (Wildman–Crippen MR) is 106 cm³/mol. The van der Waals surface area contributed by atoms with Crippen molar-refractivity contribution in [2.45, 2.75) is 4.21 Å². The van der Waals surface area contributed by atoms with Crippen molar-refractivity contribution in [1.29, 1.82) is 0 Å². The third-order valence-corrected chi connectivity index (χ3v) is 7.67. The van der Waals surface area contributed by atoms with Gasteiger partial charge in [-0.3, -0.25) is 4.79 Å². The van der Waals surface area contributed by atoms with E-state index in [0.29, 0.717) is 13.1 Å². The molecule has 1 aromatic heterocycles. The average molecular weight is 421 g/mol. The molecule has 0 unspecified atom stereocenters. The number of methoxy groups -OCH3 is 1. The highest BCUT2D eigenvalue weighted by Crippen LogP contribution is 2.25. The van der Waals surface area contributed by atoms with E-state index in [2.05, 4.69) is 4.74 Å². The lowest BCUT2D eigenvalue weighted by molar-refractivity contribution is -0.127. The van der Waals surface area contributed by atoms with Gasteiger partial charge in [-0.2, -0.15) is 4.31 Å². The number of ether oxygens (including phenoxy) is 1. The van der Waals surface area contributed by atoms with Crippen LogP contribution in [0, 0.1) is 0 Å². The fourth-order valence-corrected chi connectivity index (χ4v) is 5.51. The summed E-state index contributed by atoms with van der Waals surface area (Å²) in [6.45, 7) is 1.04. The van der Waals surface area contributed by atoms with Crippen LogP contribution in [0.3, 0.4) is 0 Å². The molecular formula is C19H20N2O5S2. The number of hydrogen-bond donors (Lipinski definition) is 0. The zero-order valence-corrected chi connectivity index (χ0v) is 16.9. The highest BCUT2D eigenvalue weighted by molar-refractivity contribution is 7.91. The van der Waals surface area contributed by atoms with Crippen LogP contribution in [-0.2, 0) is 19.6 Å². The predicted octanol–water partition coefficient (Wildman–Crippen LogP) is 2.08. The molecule has 1 aliphatic rings. The van der Waals surface area contributed by atoms with E-state index >= 15 is 0 Å². The molecule has 0 spiro atoms. The van der Waals surface area contributed by atoms with Gasteiger partial charge in [0.15, 0.2) is 0 Å². The largest absolute Gasteiger partial charge is 0.465 e. The van der Waals surface area contributed by atoms with Gasteiger partial charge in [-0.05, 0) is 17.7 Å². The molecule has 1 aromatic carbocycles. The molecule has 2 heterocycles. The fraction of sp³-hybridized carbons (Fsp3) is 0.263. The molecule has 0 N–H and O–H groups in total. The van der Waals surface area contributed by atoms with Crippen LogP contribution < -0.4 is 0 Å². The summed E-state index contributed by atoms with van der Waals surface area (Å²) in [6.07, 6.45) is 3.24. The lowest BCUT2D eigenvalue weighted by atomic mass is 10.2. The Balaban J connectivity index is 1.61. The van der Waals surface area contributed by atoms with E-state index in [-0.39, 0.29) is 28.8 Å². The molecule has 3 rings (SSSR count). The standard InChI is InChI=1S/C19H20N2O5S2/c1-26-19(23)16-13-18(27-14-16)28(24,25)21-11-9-20(10-12-21)17(22)8-7-15-5-3-2-4-6-15/h2-8,13-14H,9-12H2,1H3/b8-7+. The maximum Gasteiger partial charge on any atom is 0.338 e. The van der Waals surface area contributed by atoms with Crippen LogP contribution in [0.25, 0.3) is 6.08 Å². The second-order valence-electron chi connectivity index (χ2n) is 6.12. The molecule has 1 amide bonds. The summed E-state index contributed by atoms with van der Waals surface area (Å²) in [7, 11) is -2.45. The average Bonchev–Trinajstić information content (AvgIpc) is 3.23. The first kappa shape index (κ1) is 20.2. The molecule has 1 saturated heterocycles. The molecule has 148 valence electrons. The number of rotatable bonds is 5. The number of sulfonamides is 1. The van der Waals surface area contributed by atoms with Crippen LogP contribution in [0.2, 0.25) is 0 Å². The minimum Gasteiger partial charge on any atom is -0.465 e. The Bertz CT molecular complexity index is 975. The quantitative estimate of drug-likeness (QED) is 0.546. The van der Waals surface area contributed by atoms with E-state index in [1.54, 1.807) is 11.0 Å². The maximum absolute atomic E-state index is 12.8. The Morgan fingerprint density at radius 1 is 1.11 bits per heavy atom. The number of thiophene rings is 1. The van der Waals surface area contributed by atoms with Crippen LogP contribution in [0.4, 0.5) is 0 Å². The second kappa shape index (κ2) is 8.68. The topological polar surface area (TPSA) is 84.0 Å². The minimum atomic E-state index is -3.70. The summed E-state index contributed by atoms with van der Waals surface area (Å²) in [4.78, 5) is 25.5. The number of esters is 1. The minimum absolute atomic E-state index is 0.0941. The molecule has 7 nitrogen and oxygen atoms in total. The van der Waals surface area contributed by atoms with Crippen molar-refractivity contribution in [1.82, 2.24) is 9.21 Å². The van der Waals surface area contributed by atoms with Gasteiger partial charge in [0.05, 0.1) is 12.7 Å². The van der Waals surface area contributed by atoms with Crippen molar-refractivity contribution in [3.8, 4) is 0 Å². The maximum atomic E-state index is 12.8. The van der Waals surface area contributed by atoms with Gasteiger partial charge in [0.25, 0.3) is 10.0 Å². The highest BCUT2D eigenvalue weighted by Gasteiger charge is 2.31. The Labute approximate surface area is 167 Å². The Morgan fingerprint density at radius 3 is 2.43 bits per heavy atom. The molecule has 0 saturated carbocycles. The van der Waals surface area contributed by atoms with Crippen molar-refractivity contribution in [2.24, 2.45) is 0 Å². The van der Waals surface area contributed by atoms with E-state index in [0.717, 1.165) is 16.9 Å². The van der Waals surface area contributed by atoms with Crippen LogP contribution in [0.1, 0.15) is 15.9 Å². The van der Waals surface area contributed by atoms with E-state index < -0.39 is 16.0 Å². The summed E-state index contributed by atoms with van der Waals surface area (Å²) in [6, 6.07) is 10.8. The molecular weight excluding hydrogens is 400 g/mol.